The van der Waals surface area contributed by atoms with Crippen LogP contribution in [0.15, 0.2) is 16.8 Å². The lowest BCUT2D eigenvalue weighted by atomic mass is 10.2. The van der Waals surface area contributed by atoms with E-state index in [2.05, 4.69) is 24.2 Å². The van der Waals surface area contributed by atoms with Crippen LogP contribution in [0, 0.1) is 6.92 Å². The molecule has 0 aromatic carbocycles. The number of hydrogen-bond acceptors (Lipinski definition) is 9. The van der Waals surface area contributed by atoms with E-state index in [1.54, 1.807) is 11.5 Å². The molecule has 110 valence electrons. The molecule has 0 spiro atoms. The number of carbonyl (C=O) groups is 1. The van der Waals surface area contributed by atoms with Gasteiger partial charge in [-0.15, -0.1) is 21.5 Å². The smallest absolute Gasteiger partial charge is 0.197 e. The van der Waals surface area contributed by atoms with Crippen molar-refractivity contribution in [1.82, 2.24) is 24.2 Å². The fraction of sp³-hybridized carbons (Fsp3) is 0.0769. The van der Waals surface area contributed by atoms with Crippen molar-refractivity contribution in [2.45, 2.75) is 6.92 Å². The summed E-state index contributed by atoms with van der Waals surface area (Å²) in [6, 6.07) is 0. The quantitative estimate of drug-likeness (QED) is 0.521. The number of hydrogen-bond donors (Lipinski definition) is 0. The van der Waals surface area contributed by atoms with E-state index < -0.39 is 0 Å². The van der Waals surface area contributed by atoms with Gasteiger partial charge < -0.3 is 0 Å². The van der Waals surface area contributed by atoms with Crippen molar-refractivity contribution >= 4 is 58.4 Å². The zero-order valence-corrected chi connectivity index (χ0v) is 13.8. The first-order chi connectivity index (χ1) is 10.7. The largest absolute Gasteiger partial charge is 0.288 e. The summed E-state index contributed by atoms with van der Waals surface area (Å²) in [4.78, 5) is 17.2. The van der Waals surface area contributed by atoms with Gasteiger partial charge >= 0.3 is 0 Å². The molecule has 6 nitrogen and oxygen atoms in total. The predicted octanol–water partition coefficient (Wildman–Crippen LogP) is 3.22. The predicted molar refractivity (Wildman–Crippen MR) is 89.0 cm³/mol. The van der Waals surface area contributed by atoms with Crippen LogP contribution in [0.5, 0.6) is 0 Å². The number of aromatic nitrogens is 5. The minimum Gasteiger partial charge on any atom is -0.288 e. The normalized spacial score (nSPS) is 11.7. The molecule has 0 saturated heterocycles. The molecule has 0 radical (unpaired) electrons. The Hall–Kier alpha value is -2.10. The average molecular weight is 347 g/mol. The third-order valence-electron chi connectivity index (χ3n) is 2.59. The molecule has 0 saturated carbocycles. The molecule has 3 heterocycles. The first-order valence-corrected chi connectivity index (χ1v) is 8.63. The maximum absolute atomic E-state index is 12.2. The molecule has 0 aliphatic heterocycles. The Balaban J connectivity index is 1.75. The lowest BCUT2D eigenvalue weighted by Gasteiger charge is -1.89. The van der Waals surface area contributed by atoms with Crippen molar-refractivity contribution in [2.24, 2.45) is 0 Å². The van der Waals surface area contributed by atoms with Gasteiger partial charge in [0.1, 0.15) is 5.01 Å². The van der Waals surface area contributed by atoms with Gasteiger partial charge in [0, 0.05) is 10.8 Å². The van der Waals surface area contributed by atoms with Crippen molar-refractivity contribution in [3.05, 3.63) is 43.8 Å². The van der Waals surface area contributed by atoms with Crippen LogP contribution in [0.3, 0.4) is 0 Å². The van der Waals surface area contributed by atoms with Crippen LogP contribution in [0.4, 0.5) is 0 Å². The van der Waals surface area contributed by atoms with Crippen LogP contribution in [0.1, 0.15) is 31.8 Å². The first kappa shape index (κ1) is 14.8. The molecule has 9 heteroatoms. The molecular weight excluding hydrogens is 338 g/mol. The van der Waals surface area contributed by atoms with E-state index in [9.17, 15) is 4.79 Å². The van der Waals surface area contributed by atoms with E-state index in [1.807, 2.05) is 24.5 Å². The summed E-state index contributed by atoms with van der Waals surface area (Å²) in [6.07, 6.45) is 6.81. The number of carbonyl (C=O) groups excluding carboxylic acids is 1. The minimum atomic E-state index is -0.0852. The maximum atomic E-state index is 12.2. The molecule has 0 aliphatic rings. The van der Waals surface area contributed by atoms with E-state index in [-0.39, 0.29) is 5.78 Å². The summed E-state index contributed by atoms with van der Waals surface area (Å²) < 4.78 is 7.53. The van der Waals surface area contributed by atoms with Gasteiger partial charge in [0.2, 0.25) is 0 Å². The Labute approximate surface area is 138 Å². The summed E-state index contributed by atoms with van der Waals surface area (Å²) in [5, 5.41) is 12.2. The number of ketones is 1. The van der Waals surface area contributed by atoms with Gasteiger partial charge in [-0.2, -0.15) is 0 Å². The monoisotopic (exact) mass is 347 g/mol. The van der Waals surface area contributed by atoms with Crippen LogP contribution in [0.25, 0.3) is 18.2 Å². The molecule has 0 fully saturated rings. The van der Waals surface area contributed by atoms with Crippen molar-refractivity contribution in [2.75, 3.05) is 0 Å². The number of aryl methyl sites for hydroxylation is 1. The van der Waals surface area contributed by atoms with Gasteiger partial charge in [-0.25, -0.2) is 4.98 Å². The Kier molecular flexibility index (Phi) is 4.56. The fourth-order valence-corrected chi connectivity index (χ4v) is 3.33. The van der Waals surface area contributed by atoms with Gasteiger partial charge in [0.25, 0.3) is 0 Å². The zero-order chi connectivity index (χ0) is 15.4. The number of thiazole rings is 1. The van der Waals surface area contributed by atoms with Crippen molar-refractivity contribution in [3.63, 3.8) is 0 Å². The van der Waals surface area contributed by atoms with Gasteiger partial charge in [-0.3, -0.25) is 4.79 Å². The van der Waals surface area contributed by atoms with Gasteiger partial charge in [0.05, 0.1) is 22.0 Å². The third kappa shape index (κ3) is 3.56. The number of nitrogens with zero attached hydrogens (tertiary/aromatic N) is 5. The Morgan fingerprint density at radius 1 is 1.05 bits per heavy atom. The van der Waals surface area contributed by atoms with Crippen LogP contribution in [-0.4, -0.2) is 29.9 Å². The van der Waals surface area contributed by atoms with Crippen LogP contribution in [0.2, 0.25) is 0 Å². The fourth-order valence-electron chi connectivity index (χ4n) is 1.60. The summed E-state index contributed by atoms with van der Waals surface area (Å²) in [7, 11) is 0. The zero-order valence-electron chi connectivity index (χ0n) is 11.3. The molecule has 3 rings (SSSR count). The molecule has 0 aliphatic carbocycles. The molecule has 0 atom stereocenters. The highest BCUT2D eigenvalue weighted by molar-refractivity contribution is 7.14. The SMILES string of the molecule is Cc1nc(/C=C\c2csnn2)sc1C(=O)/C=C/c1csnn1. The number of allylic oxidation sites excluding steroid dienone is 1. The lowest BCUT2D eigenvalue weighted by Crippen LogP contribution is -1.93. The highest BCUT2D eigenvalue weighted by Gasteiger charge is 2.12. The van der Waals surface area contributed by atoms with E-state index >= 15 is 0 Å². The van der Waals surface area contributed by atoms with Gasteiger partial charge in [-0.05, 0) is 54.3 Å². The molecule has 3 aromatic rings. The molecule has 22 heavy (non-hydrogen) atoms. The van der Waals surface area contributed by atoms with Crippen molar-refractivity contribution in [3.8, 4) is 0 Å². The third-order valence-corrected chi connectivity index (χ3v) is 4.78. The van der Waals surface area contributed by atoms with Crippen molar-refractivity contribution in [1.29, 1.82) is 0 Å². The van der Waals surface area contributed by atoms with E-state index in [0.29, 0.717) is 16.3 Å². The van der Waals surface area contributed by atoms with E-state index in [1.165, 1.54) is 40.5 Å². The van der Waals surface area contributed by atoms with E-state index in [0.717, 1.165) is 10.7 Å². The summed E-state index contributed by atoms with van der Waals surface area (Å²) in [5.41, 5.74) is 2.17. The van der Waals surface area contributed by atoms with Gasteiger partial charge in [-0.1, -0.05) is 8.98 Å². The van der Waals surface area contributed by atoms with Crippen LogP contribution < -0.4 is 0 Å². The molecule has 3 aromatic heterocycles. The molecule has 0 unspecified atom stereocenters. The molecule has 0 N–H and O–H groups in total. The van der Waals surface area contributed by atoms with Gasteiger partial charge in [0.15, 0.2) is 5.78 Å². The Bertz CT molecular complexity index is 818. The standard InChI is InChI=1S/C13H9N5OS3/c1-8-13(11(19)4-2-9-6-20-17-15-9)22-12(14-8)5-3-10-7-21-18-16-10/h2-7H,1H3/b4-2+,5-3-. The molecule has 0 bridgehead atoms. The Morgan fingerprint density at radius 2 is 1.73 bits per heavy atom. The summed E-state index contributed by atoms with van der Waals surface area (Å²) >= 11 is 3.89. The highest BCUT2D eigenvalue weighted by atomic mass is 32.1. The topological polar surface area (TPSA) is 81.5 Å². The van der Waals surface area contributed by atoms with Crippen molar-refractivity contribution < 1.29 is 4.79 Å². The second-order valence-electron chi connectivity index (χ2n) is 4.16. The minimum absolute atomic E-state index is 0.0852. The van der Waals surface area contributed by atoms with Crippen LogP contribution in [-0.2, 0) is 0 Å². The first-order valence-electron chi connectivity index (χ1n) is 6.14. The lowest BCUT2D eigenvalue weighted by molar-refractivity contribution is 0.105. The molecular formula is C13H9N5OS3. The maximum Gasteiger partial charge on any atom is 0.197 e. The van der Waals surface area contributed by atoms with Crippen LogP contribution >= 0.6 is 34.4 Å². The Morgan fingerprint density at radius 3 is 2.36 bits per heavy atom. The molecule has 0 amide bonds. The highest BCUT2D eigenvalue weighted by Crippen LogP contribution is 2.21. The second kappa shape index (κ2) is 6.77. The average Bonchev–Trinajstić information content (AvgIpc) is 3.24. The number of rotatable bonds is 5. The van der Waals surface area contributed by atoms with E-state index in [4.69, 9.17) is 0 Å². The summed E-state index contributed by atoms with van der Waals surface area (Å²) in [5.74, 6) is -0.0852. The summed E-state index contributed by atoms with van der Waals surface area (Å²) in [6.45, 7) is 1.82. The second-order valence-corrected chi connectivity index (χ2v) is 6.41.